The Bertz CT molecular complexity index is 4120. The van der Waals surface area contributed by atoms with Crippen LogP contribution in [0.25, 0.3) is 20.2 Å². The Morgan fingerprint density at radius 1 is 0.388 bits per heavy atom. The summed E-state index contributed by atoms with van der Waals surface area (Å²) in [6.45, 7) is 48.3. The zero-order valence-electron chi connectivity index (χ0n) is 55.0. The minimum atomic E-state index is -0.221. The molecule has 0 fully saturated rings. The summed E-state index contributed by atoms with van der Waals surface area (Å²) in [5.41, 5.74) is 26.3. The van der Waals surface area contributed by atoms with Crippen LogP contribution in [0.4, 0.5) is 51.2 Å². The average molecular weight is 1140 g/mol. The average Bonchev–Trinajstić information content (AvgIpc) is 0.774. The Balaban J connectivity index is 1.17. The van der Waals surface area contributed by atoms with Gasteiger partial charge >= 0.3 is 0 Å². The van der Waals surface area contributed by atoms with E-state index in [1.165, 1.54) is 122 Å². The molecule has 0 saturated heterocycles. The Morgan fingerprint density at radius 2 is 0.882 bits per heavy atom. The van der Waals surface area contributed by atoms with Crippen LogP contribution in [0.15, 0.2) is 146 Å². The van der Waals surface area contributed by atoms with Gasteiger partial charge in [-0.25, -0.2) is 0 Å². The van der Waals surface area contributed by atoms with Gasteiger partial charge in [-0.05, 0) is 209 Å². The highest BCUT2D eigenvalue weighted by molar-refractivity contribution is 7.26. The zero-order chi connectivity index (χ0) is 60.7. The van der Waals surface area contributed by atoms with Gasteiger partial charge in [-0.1, -0.05) is 205 Å². The summed E-state index contributed by atoms with van der Waals surface area (Å²) < 4.78 is 2.70. The van der Waals surface area contributed by atoms with Gasteiger partial charge in [0, 0.05) is 65.7 Å². The smallest absolute Gasteiger partial charge is 0.252 e. The molecule has 85 heavy (non-hydrogen) atoms. The molecule has 5 heteroatoms. The highest BCUT2D eigenvalue weighted by Gasteiger charge is 2.49. The van der Waals surface area contributed by atoms with Crippen LogP contribution in [0.5, 0.6) is 0 Å². The Hall–Kier alpha value is -6.56. The quantitative estimate of drug-likeness (QED) is 0.159. The Labute approximate surface area is 515 Å². The van der Waals surface area contributed by atoms with Crippen LogP contribution < -0.4 is 31.1 Å². The van der Waals surface area contributed by atoms with E-state index in [9.17, 15) is 0 Å². The molecule has 9 aromatic rings. The third-order valence-corrected chi connectivity index (χ3v) is 21.9. The van der Waals surface area contributed by atoms with Crippen molar-refractivity contribution in [2.75, 3.05) is 14.7 Å². The monoisotopic (exact) mass is 1140 g/mol. The van der Waals surface area contributed by atoms with E-state index in [4.69, 9.17) is 0 Å². The fourth-order valence-electron chi connectivity index (χ4n) is 15.2. The van der Waals surface area contributed by atoms with Crippen LogP contribution in [0.1, 0.15) is 209 Å². The minimum absolute atomic E-state index is 0.00553. The van der Waals surface area contributed by atoms with E-state index in [1.54, 1.807) is 0 Å². The van der Waals surface area contributed by atoms with Gasteiger partial charge in [0.15, 0.2) is 0 Å². The molecule has 0 radical (unpaired) electrons. The van der Waals surface area contributed by atoms with Crippen molar-refractivity contribution in [3.05, 3.63) is 190 Å². The Morgan fingerprint density at radius 3 is 1.44 bits per heavy atom. The van der Waals surface area contributed by atoms with Crippen LogP contribution in [0.2, 0.25) is 0 Å². The minimum Gasteiger partial charge on any atom is -0.311 e. The third kappa shape index (κ3) is 9.32. The molecule has 4 aliphatic rings. The summed E-state index contributed by atoms with van der Waals surface area (Å²) in [4.78, 5) is 8.02. The van der Waals surface area contributed by atoms with Gasteiger partial charge in [-0.3, -0.25) is 0 Å². The first-order valence-corrected chi connectivity index (χ1v) is 32.7. The third-order valence-electron chi connectivity index (χ3n) is 20.7. The van der Waals surface area contributed by atoms with E-state index >= 15 is 0 Å². The normalized spacial score (nSPS) is 17.5. The summed E-state index contributed by atoms with van der Waals surface area (Å²) >= 11 is 1.96. The zero-order valence-corrected chi connectivity index (χ0v) is 55.8. The van der Waals surface area contributed by atoms with Crippen LogP contribution in [0.3, 0.4) is 0 Å². The number of anilines is 9. The summed E-state index contributed by atoms with van der Waals surface area (Å²) in [6.07, 6.45) is 4.65. The number of thiophene rings is 1. The molecule has 0 saturated carbocycles. The second-order valence-corrected chi connectivity index (χ2v) is 33.9. The van der Waals surface area contributed by atoms with Crippen molar-refractivity contribution < 1.29 is 0 Å². The highest BCUT2D eigenvalue weighted by Crippen LogP contribution is 2.56. The van der Waals surface area contributed by atoms with Crippen LogP contribution in [0, 0.1) is 0 Å². The molecule has 3 nitrogen and oxygen atoms in total. The number of rotatable bonds is 5. The standard InChI is InChI=1S/C80H92BN3S/c1-73(2,3)49-25-29-52(30-26-49)82(53-31-27-50(28-32-53)74(4,5)6)55-34-37-62-65(46-55)84(64-38-35-57-56-23-21-22-24-69(56)85-72(57)70(64)76(10,11)12)68-44-51(75(7,8)9)43-67-71(68)81(62)63-47-60-61(80(19,20)42-41-79(60,17)18)48-66(63)83(67)54-33-36-58-59(45-54)78(15,16)40-39-77(58,13)14/h21-38,43-48H,39-42H2,1-20H3. The maximum absolute atomic E-state index is 2.75. The van der Waals surface area contributed by atoms with Crippen molar-refractivity contribution >= 4 is 106 Å². The molecule has 1 aromatic heterocycles. The molecular formula is C80H92BN3S. The molecule has 3 heterocycles. The van der Waals surface area contributed by atoms with Gasteiger partial charge in [0.25, 0.3) is 6.71 Å². The van der Waals surface area contributed by atoms with Crippen molar-refractivity contribution in [3.63, 3.8) is 0 Å². The number of benzene rings is 8. The van der Waals surface area contributed by atoms with Gasteiger partial charge < -0.3 is 14.7 Å². The molecule has 436 valence electrons. The highest BCUT2D eigenvalue weighted by atomic mass is 32.1. The van der Waals surface area contributed by atoms with E-state index in [0.29, 0.717) is 0 Å². The molecule has 0 amide bonds. The fourth-order valence-corrected chi connectivity index (χ4v) is 16.7. The molecule has 2 aliphatic carbocycles. The molecular weight excluding hydrogens is 1050 g/mol. The van der Waals surface area contributed by atoms with Crippen LogP contribution in [-0.2, 0) is 43.3 Å². The van der Waals surface area contributed by atoms with E-state index in [-0.39, 0.29) is 50.0 Å². The van der Waals surface area contributed by atoms with Crippen LogP contribution in [-0.4, -0.2) is 6.71 Å². The van der Waals surface area contributed by atoms with E-state index < -0.39 is 0 Å². The SMILES string of the molecule is CC(C)(C)c1ccc(N(c2ccc(C(C)(C)C)cc2)c2ccc3c(c2)N(c2ccc4c(sc5ccccc54)c2C(C)(C)C)c2cc(C(C)(C)C)cc4c2B3c2cc3c(cc2N4c2ccc4c(c2)C(C)(C)CCC4(C)C)C(C)(C)CCC3(C)C)cc1. The first-order chi connectivity index (χ1) is 39.6. The predicted octanol–water partition coefficient (Wildman–Crippen LogP) is 21.5. The summed E-state index contributed by atoms with van der Waals surface area (Å²) in [5.74, 6) is 0. The molecule has 13 rings (SSSR count). The van der Waals surface area contributed by atoms with E-state index in [1.807, 2.05) is 11.3 Å². The van der Waals surface area contributed by atoms with Gasteiger partial charge in [-0.15, -0.1) is 11.3 Å². The van der Waals surface area contributed by atoms with Crippen molar-refractivity contribution in [2.24, 2.45) is 0 Å². The van der Waals surface area contributed by atoms with Gasteiger partial charge in [0.2, 0.25) is 0 Å². The van der Waals surface area contributed by atoms with Crippen LogP contribution >= 0.6 is 11.3 Å². The number of fused-ring (bicyclic) bond motifs is 9. The second-order valence-electron chi connectivity index (χ2n) is 32.9. The molecule has 8 aromatic carbocycles. The van der Waals surface area contributed by atoms with Gasteiger partial charge in [0.05, 0.1) is 5.69 Å². The van der Waals surface area contributed by atoms with E-state index in [0.717, 1.165) is 36.3 Å². The lowest BCUT2D eigenvalue weighted by atomic mass is 9.33. The van der Waals surface area contributed by atoms with Crippen molar-refractivity contribution in [1.82, 2.24) is 0 Å². The van der Waals surface area contributed by atoms with Gasteiger partial charge in [0.1, 0.15) is 0 Å². The fraction of sp³-hybridized carbons (Fsp3) is 0.400. The molecule has 2 aliphatic heterocycles. The lowest BCUT2D eigenvalue weighted by molar-refractivity contribution is 0.332. The van der Waals surface area contributed by atoms with Crippen molar-refractivity contribution in [2.45, 2.75) is 207 Å². The molecule has 0 N–H and O–H groups in total. The molecule has 0 unspecified atom stereocenters. The topological polar surface area (TPSA) is 9.72 Å². The maximum atomic E-state index is 2.75. The lowest BCUT2D eigenvalue weighted by Crippen LogP contribution is -2.62. The molecule has 0 spiro atoms. The van der Waals surface area contributed by atoms with Crippen molar-refractivity contribution in [1.29, 1.82) is 0 Å². The number of nitrogens with zero attached hydrogens (tertiary/aromatic N) is 3. The van der Waals surface area contributed by atoms with Crippen molar-refractivity contribution in [3.8, 4) is 0 Å². The second kappa shape index (κ2) is 19.0. The number of hydrogen-bond donors (Lipinski definition) is 0. The predicted molar refractivity (Wildman–Crippen MR) is 373 cm³/mol. The summed E-state index contributed by atoms with van der Waals surface area (Å²) in [5, 5.41) is 2.66. The summed E-state index contributed by atoms with van der Waals surface area (Å²) in [6, 6.07) is 58.6. The maximum Gasteiger partial charge on any atom is 0.252 e. The lowest BCUT2D eigenvalue weighted by Gasteiger charge is -2.48. The first kappa shape index (κ1) is 57.5. The first-order valence-electron chi connectivity index (χ1n) is 31.9. The largest absolute Gasteiger partial charge is 0.311 e. The summed E-state index contributed by atoms with van der Waals surface area (Å²) in [7, 11) is 0. The Kier molecular flexibility index (Phi) is 12.8. The van der Waals surface area contributed by atoms with Gasteiger partial charge in [-0.2, -0.15) is 0 Å². The molecule has 0 atom stereocenters. The van der Waals surface area contributed by atoms with E-state index in [2.05, 4.69) is 299 Å². The number of hydrogen-bond acceptors (Lipinski definition) is 4. The molecule has 0 bridgehead atoms.